The van der Waals surface area contributed by atoms with Crippen LogP contribution in [0.3, 0.4) is 0 Å². The van der Waals surface area contributed by atoms with Crippen molar-refractivity contribution in [2.45, 2.75) is 33.0 Å². The second kappa shape index (κ2) is 8.11. The molecular formula is C14H20F3NO2. The first-order valence-electron chi connectivity index (χ1n) is 6.50. The minimum absolute atomic E-state index is 0.413. The molecule has 0 aromatic heterocycles. The SMILES string of the molecule is CCCNCc1cc(C)ccc1OCOCC(F)(F)F. The van der Waals surface area contributed by atoms with Gasteiger partial charge < -0.3 is 14.8 Å². The largest absolute Gasteiger partial charge is 0.467 e. The summed E-state index contributed by atoms with van der Waals surface area (Å²) in [5.41, 5.74) is 1.98. The Morgan fingerprint density at radius 2 is 2.00 bits per heavy atom. The fourth-order valence-electron chi connectivity index (χ4n) is 1.65. The number of aryl methyl sites for hydroxylation is 1. The van der Waals surface area contributed by atoms with Crippen LogP contribution in [0.2, 0.25) is 0 Å². The Hall–Kier alpha value is -1.27. The summed E-state index contributed by atoms with van der Waals surface area (Å²) in [6.07, 6.45) is -3.32. The van der Waals surface area contributed by atoms with E-state index in [9.17, 15) is 13.2 Å². The summed E-state index contributed by atoms with van der Waals surface area (Å²) in [4.78, 5) is 0. The quantitative estimate of drug-likeness (QED) is 0.588. The van der Waals surface area contributed by atoms with Crippen LogP contribution in [0.5, 0.6) is 5.75 Å². The lowest BCUT2D eigenvalue weighted by Gasteiger charge is -2.14. The van der Waals surface area contributed by atoms with E-state index < -0.39 is 19.6 Å². The highest BCUT2D eigenvalue weighted by molar-refractivity contribution is 5.36. The van der Waals surface area contributed by atoms with Gasteiger partial charge in [0.2, 0.25) is 0 Å². The van der Waals surface area contributed by atoms with Crippen molar-refractivity contribution in [2.24, 2.45) is 0 Å². The molecule has 0 aliphatic rings. The topological polar surface area (TPSA) is 30.5 Å². The number of nitrogens with one attached hydrogen (secondary N) is 1. The maximum absolute atomic E-state index is 11.9. The van der Waals surface area contributed by atoms with Gasteiger partial charge in [0, 0.05) is 12.1 Å². The van der Waals surface area contributed by atoms with E-state index in [4.69, 9.17) is 4.74 Å². The molecule has 1 aromatic rings. The standard InChI is InChI=1S/C14H20F3NO2/c1-3-6-18-8-12-7-11(2)4-5-13(12)20-10-19-9-14(15,16)17/h4-5,7,18H,3,6,8-10H2,1-2H3. The highest BCUT2D eigenvalue weighted by Gasteiger charge is 2.27. The van der Waals surface area contributed by atoms with Crippen molar-refractivity contribution in [1.82, 2.24) is 5.32 Å². The molecule has 0 bridgehead atoms. The van der Waals surface area contributed by atoms with Gasteiger partial charge in [0.25, 0.3) is 0 Å². The second-order valence-electron chi connectivity index (χ2n) is 4.51. The lowest BCUT2D eigenvalue weighted by atomic mass is 10.1. The van der Waals surface area contributed by atoms with E-state index in [2.05, 4.69) is 17.0 Å². The second-order valence-corrected chi connectivity index (χ2v) is 4.51. The third-order valence-electron chi connectivity index (χ3n) is 2.52. The molecular weight excluding hydrogens is 271 g/mol. The van der Waals surface area contributed by atoms with Crippen molar-refractivity contribution in [3.05, 3.63) is 29.3 Å². The molecule has 20 heavy (non-hydrogen) atoms. The van der Waals surface area contributed by atoms with Gasteiger partial charge in [-0.2, -0.15) is 13.2 Å². The first kappa shape index (κ1) is 16.8. The van der Waals surface area contributed by atoms with Crippen LogP contribution in [-0.2, 0) is 11.3 Å². The van der Waals surface area contributed by atoms with Crippen LogP contribution in [0.15, 0.2) is 18.2 Å². The van der Waals surface area contributed by atoms with E-state index in [0.29, 0.717) is 12.3 Å². The van der Waals surface area contributed by atoms with E-state index >= 15 is 0 Å². The van der Waals surface area contributed by atoms with Crippen LogP contribution in [0, 0.1) is 6.92 Å². The molecule has 114 valence electrons. The van der Waals surface area contributed by atoms with Crippen molar-refractivity contribution in [1.29, 1.82) is 0 Å². The van der Waals surface area contributed by atoms with Crippen LogP contribution >= 0.6 is 0 Å². The Morgan fingerprint density at radius 3 is 2.65 bits per heavy atom. The summed E-state index contributed by atoms with van der Waals surface area (Å²) in [6.45, 7) is 3.78. The number of alkyl halides is 3. The molecule has 0 heterocycles. The first-order valence-corrected chi connectivity index (χ1v) is 6.50. The van der Waals surface area contributed by atoms with Gasteiger partial charge in [-0.05, 0) is 26.0 Å². The van der Waals surface area contributed by atoms with E-state index in [1.54, 1.807) is 6.07 Å². The zero-order chi connectivity index (χ0) is 15.0. The van der Waals surface area contributed by atoms with Crippen molar-refractivity contribution in [2.75, 3.05) is 19.9 Å². The molecule has 6 heteroatoms. The van der Waals surface area contributed by atoms with E-state index in [1.165, 1.54) is 0 Å². The van der Waals surface area contributed by atoms with Gasteiger partial charge >= 0.3 is 6.18 Å². The van der Waals surface area contributed by atoms with Crippen LogP contribution in [-0.4, -0.2) is 26.1 Å². The zero-order valence-electron chi connectivity index (χ0n) is 11.7. The summed E-state index contributed by atoms with van der Waals surface area (Å²) in [5, 5.41) is 3.23. The Morgan fingerprint density at radius 1 is 1.25 bits per heavy atom. The Labute approximate surface area is 117 Å². The molecule has 0 radical (unpaired) electrons. The van der Waals surface area contributed by atoms with Crippen LogP contribution in [0.4, 0.5) is 13.2 Å². The first-order chi connectivity index (χ1) is 9.42. The lowest BCUT2D eigenvalue weighted by molar-refractivity contribution is -0.186. The van der Waals surface area contributed by atoms with Gasteiger partial charge in [0.1, 0.15) is 12.4 Å². The Balaban J connectivity index is 2.51. The molecule has 0 aliphatic carbocycles. The maximum atomic E-state index is 11.9. The molecule has 0 unspecified atom stereocenters. The van der Waals surface area contributed by atoms with E-state index in [-0.39, 0.29) is 0 Å². The minimum Gasteiger partial charge on any atom is -0.467 e. The molecule has 0 atom stereocenters. The van der Waals surface area contributed by atoms with E-state index in [1.807, 2.05) is 19.1 Å². The monoisotopic (exact) mass is 291 g/mol. The maximum Gasteiger partial charge on any atom is 0.411 e. The van der Waals surface area contributed by atoms with Crippen LogP contribution in [0.1, 0.15) is 24.5 Å². The molecule has 0 saturated heterocycles. The molecule has 1 aromatic carbocycles. The number of hydrogen-bond acceptors (Lipinski definition) is 3. The predicted octanol–water partition coefficient (Wildman–Crippen LogP) is 3.41. The van der Waals surface area contributed by atoms with Crippen molar-refractivity contribution in [3.63, 3.8) is 0 Å². The third kappa shape index (κ3) is 6.77. The Kier molecular flexibility index (Phi) is 6.81. The van der Waals surface area contributed by atoms with Gasteiger partial charge in [0.15, 0.2) is 6.79 Å². The average Bonchev–Trinajstić information content (AvgIpc) is 2.36. The molecule has 0 aliphatic heterocycles. The lowest BCUT2D eigenvalue weighted by Crippen LogP contribution is -2.19. The van der Waals surface area contributed by atoms with Gasteiger partial charge in [0.05, 0.1) is 0 Å². The van der Waals surface area contributed by atoms with Gasteiger partial charge in [-0.1, -0.05) is 24.6 Å². The fourth-order valence-corrected chi connectivity index (χ4v) is 1.65. The van der Waals surface area contributed by atoms with Crippen LogP contribution in [0.25, 0.3) is 0 Å². The molecule has 1 rings (SSSR count). The van der Waals surface area contributed by atoms with Crippen molar-refractivity contribution >= 4 is 0 Å². The third-order valence-corrected chi connectivity index (χ3v) is 2.52. The summed E-state index contributed by atoms with van der Waals surface area (Å²) in [6, 6.07) is 5.54. The van der Waals surface area contributed by atoms with Gasteiger partial charge in [-0.15, -0.1) is 0 Å². The number of benzene rings is 1. The highest BCUT2D eigenvalue weighted by atomic mass is 19.4. The predicted molar refractivity (Wildman–Crippen MR) is 70.7 cm³/mol. The minimum atomic E-state index is -4.33. The fraction of sp³-hybridized carbons (Fsp3) is 0.571. The Bertz CT molecular complexity index is 408. The highest BCUT2D eigenvalue weighted by Crippen LogP contribution is 2.20. The molecule has 0 saturated carbocycles. The zero-order valence-corrected chi connectivity index (χ0v) is 11.7. The molecule has 1 N–H and O–H groups in total. The summed E-state index contributed by atoms with van der Waals surface area (Å²) in [5.74, 6) is 0.543. The summed E-state index contributed by atoms with van der Waals surface area (Å²) >= 11 is 0. The molecule has 0 fully saturated rings. The smallest absolute Gasteiger partial charge is 0.411 e. The summed E-state index contributed by atoms with van der Waals surface area (Å²) in [7, 11) is 0. The van der Waals surface area contributed by atoms with Crippen molar-refractivity contribution in [3.8, 4) is 5.75 Å². The number of halogens is 3. The van der Waals surface area contributed by atoms with E-state index in [0.717, 1.165) is 24.1 Å². The number of ether oxygens (including phenoxy) is 2. The van der Waals surface area contributed by atoms with Gasteiger partial charge in [-0.3, -0.25) is 0 Å². The molecule has 3 nitrogen and oxygen atoms in total. The molecule has 0 amide bonds. The van der Waals surface area contributed by atoms with Gasteiger partial charge in [-0.25, -0.2) is 0 Å². The number of hydrogen-bond donors (Lipinski definition) is 1. The van der Waals surface area contributed by atoms with Crippen molar-refractivity contribution < 1.29 is 22.6 Å². The average molecular weight is 291 g/mol. The number of rotatable bonds is 8. The summed E-state index contributed by atoms with van der Waals surface area (Å²) < 4.78 is 45.5. The normalized spacial score (nSPS) is 11.7. The van der Waals surface area contributed by atoms with Crippen LogP contribution < -0.4 is 10.1 Å². The molecule has 0 spiro atoms.